The van der Waals surface area contributed by atoms with E-state index in [4.69, 9.17) is 29.8 Å². The van der Waals surface area contributed by atoms with Crippen molar-refractivity contribution >= 4 is 40.5 Å². The first kappa shape index (κ1) is 37.7. The van der Waals surface area contributed by atoms with Crippen LogP contribution in [0.3, 0.4) is 0 Å². The van der Waals surface area contributed by atoms with Crippen molar-refractivity contribution in [1.82, 2.24) is 34.9 Å². The Hall–Kier alpha value is -6.23. The number of piperidine rings is 2. The van der Waals surface area contributed by atoms with Crippen molar-refractivity contribution in [2.24, 2.45) is 0 Å². The lowest BCUT2D eigenvalue weighted by molar-refractivity contribution is -0.136. The number of imide groups is 2. The zero-order valence-electron chi connectivity index (χ0n) is 31.2. The first-order chi connectivity index (χ1) is 27.8. The summed E-state index contributed by atoms with van der Waals surface area (Å²) in [6.07, 6.45) is 3.46. The molecule has 3 aliphatic rings. The van der Waals surface area contributed by atoms with Crippen molar-refractivity contribution in [2.75, 3.05) is 58.4 Å². The second kappa shape index (κ2) is 16.9. The molecule has 5 aromatic rings. The molecule has 3 N–H and O–H groups in total. The molecule has 16 nitrogen and oxygen atoms in total. The summed E-state index contributed by atoms with van der Waals surface area (Å²) in [7, 11) is 0. The number of para-hydroxylation sites is 1. The Kier molecular flexibility index (Phi) is 11.2. The van der Waals surface area contributed by atoms with Crippen molar-refractivity contribution in [3.05, 3.63) is 90.3 Å². The Morgan fingerprint density at radius 1 is 0.754 bits per heavy atom. The van der Waals surface area contributed by atoms with E-state index in [1.54, 1.807) is 6.07 Å². The van der Waals surface area contributed by atoms with Gasteiger partial charge in [-0.3, -0.25) is 29.4 Å². The fraction of sp³-hybridized carbons (Fsp3) is 0.341. The van der Waals surface area contributed by atoms with Crippen LogP contribution in [0.4, 0.5) is 5.82 Å². The van der Waals surface area contributed by atoms with Gasteiger partial charge in [-0.05, 0) is 73.9 Å². The van der Waals surface area contributed by atoms with Gasteiger partial charge >= 0.3 is 0 Å². The molecule has 57 heavy (non-hydrogen) atoms. The number of nitrogens with one attached hydrogen (secondary N) is 1. The van der Waals surface area contributed by atoms with Crippen LogP contribution in [0.5, 0.6) is 17.2 Å². The average molecular weight is 775 g/mol. The van der Waals surface area contributed by atoms with E-state index in [1.807, 2.05) is 59.3 Å². The SMILES string of the molecule is Nc1ncnc2c1c(-c1ccc(Oc3ccccc3)cc1)nn2C1CCN(CCOCCOCCOc2ccc3c(c2)C(=O)N(C2CCC(=O)NC2=O)C3=O)CC1. The Balaban J connectivity index is 0.746. The molecule has 3 aliphatic heterocycles. The number of nitrogen functional groups attached to an aromatic ring is 1. The van der Waals surface area contributed by atoms with Crippen molar-refractivity contribution in [3.63, 3.8) is 0 Å². The van der Waals surface area contributed by atoms with Crippen molar-refractivity contribution in [3.8, 4) is 28.5 Å². The van der Waals surface area contributed by atoms with Crippen LogP contribution in [0.1, 0.15) is 52.4 Å². The summed E-state index contributed by atoms with van der Waals surface area (Å²) in [5, 5.41) is 7.98. The second-order valence-corrected chi connectivity index (χ2v) is 14.0. The molecule has 0 bridgehead atoms. The third-order valence-electron chi connectivity index (χ3n) is 10.4. The third kappa shape index (κ3) is 8.19. The van der Waals surface area contributed by atoms with Gasteiger partial charge in [0.05, 0.1) is 49.0 Å². The number of hydrogen-bond acceptors (Lipinski definition) is 13. The number of amides is 4. The van der Waals surface area contributed by atoms with Gasteiger partial charge in [0.2, 0.25) is 11.8 Å². The lowest BCUT2D eigenvalue weighted by Gasteiger charge is -2.32. The van der Waals surface area contributed by atoms with Gasteiger partial charge < -0.3 is 29.6 Å². The molecule has 5 heterocycles. The molecule has 8 rings (SSSR count). The number of carbonyl (C=O) groups is 4. The van der Waals surface area contributed by atoms with E-state index in [9.17, 15) is 19.2 Å². The summed E-state index contributed by atoms with van der Waals surface area (Å²) in [5.74, 6) is 0.0889. The predicted octanol–water partition coefficient (Wildman–Crippen LogP) is 4.02. The maximum atomic E-state index is 13.0. The third-order valence-corrected chi connectivity index (χ3v) is 10.4. The number of fused-ring (bicyclic) bond motifs is 2. The van der Waals surface area contributed by atoms with Gasteiger partial charge in [0.15, 0.2) is 5.65 Å². The Labute approximate surface area is 327 Å². The number of nitrogens with two attached hydrogens (primary N) is 1. The number of anilines is 1. The van der Waals surface area contributed by atoms with Gasteiger partial charge in [-0.25, -0.2) is 14.6 Å². The lowest BCUT2D eigenvalue weighted by atomic mass is 10.0. The highest BCUT2D eigenvalue weighted by molar-refractivity contribution is 6.23. The number of nitrogens with zero attached hydrogens (tertiary/aromatic N) is 6. The molecule has 294 valence electrons. The summed E-state index contributed by atoms with van der Waals surface area (Å²) in [6, 6.07) is 21.2. The summed E-state index contributed by atoms with van der Waals surface area (Å²) in [4.78, 5) is 61.9. The van der Waals surface area contributed by atoms with Gasteiger partial charge in [-0.1, -0.05) is 18.2 Å². The molecule has 2 aromatic heterocycles. The van der Waals surface area contributed by atoms with Crippen molar-refractivity contribution in [1.29, 1.82) is 0 Å². The number of ether oxygens (including phenoxy) is 4. The Morgan fingerprint density at radius 2 is 1.46 bits per heavy atom. The van der Waals surface area contributed by atoms with E-state index in [0.29, 0.717) is 38.0 Å². The number of hydrogen-bond donors (Lipinski definition) is 2. The van der Waals surface area contributed by atoms with E-state index in [0.717, 1.165) is 71.2 Å². The van der Waals surface area contributed by atoms with Crippen LogP contribution >= 0.6 is 0 Å². The minimum Gasteiger partial charge on any atom is -0.491 e. The van der Waals surface area contributed by atoms with Crippen LogP contribution < -0.4 is 20.5 Å². The highest BCUT2D eigenvalue weighted by Gasteiger charge is 2.44. The number of rotatable bonds is 15. The smallest absolute Gasteiger partial charge is 0.262 e. The topological polar surface area (TPSA) is 193 Å². The first-order valence-electron chi connectivity index (χ1n) is 19.0. The Morgan fingerprint density at radius 3 is 2.23 bits per heavy atom. The molecule has 0 saturated carbocycles. The zero-order valence-corrected chi connectivity index (χ0v) is 31.2. The molecule has 1 unspecified atom stereocenters. The quantitative estimate of drug-likeness (QED) is 0.115. The van der Waals surface area contributed by atoms with E-state index < -0.39 is 29.7 Å². The molecule has 4 amide bonds. The fourth-order valence-corrected chi connectivity index (χ4v) is 7.42. The minimum atomic E-state index is -1.01. The molecule has 2 saturated heterocycles. The highest BCUT2D eigenvalue weighted by Crippen LogP contribution is 2.35. The zero-order chi connectivity index (χ0) is 39.3. The van der Waals surface area contributed by atoms with Gasteiger partial charge in [0, 0.05) is 31.6 Å². The molecule has 0 aliphatic carbocycles. The molecular weight excluding hydrogens is 732 g/mol. The maximum Gasteiger partial charge on any atom is 0.262 e. The fourth-order valence-electron chi connectivity index (χ4n) is 7.42. The standard InChI is InChI=1S/C41H42N8O8/c42-37-35-36(26-6-8-29(9-7-26)57-28-4-2-1-3-5-28)46-49(38(35)44-25-43-37)27-14-16-47(17-15-27)18-19-54-20-21-55-22-23-56-30-10-11-31-32(24-30)41(53)48(40(31)52)33-12-13-34(50)45-39(33)51/h1-11,24-25,27,33H,12-23H2,(H2,42,43,44)(H,45,50,51). The average Bonchev–Trinajstić information content (AvgIpc) is 3.73. The van der Waals surface area contributed by atoms with Crippen LogP contribution in [0.15, 0.2) is 79.1 Å². The van der Waals surface area contributed by atoms with Gasteiger partial charge in [-0.15, -0.1) is 0 Å². The molecule has 1 atom stereocenters. The van der Waals surface area contributed by atoms with E-state index in [-0.39, 0.29) is 36.6 Å². The molecular formula is C41H42N8O8. The van der Waals surface area contributed by atoms with Gasteiger partial charge in [0.1, 0.15) is 47.7 Å². The molecule has 16 heteroatoms. The van der Waals surface area contributed by atoms with Crippen molar-refractivity contribution < 1.29 is 38.1 Å². The summed E-state index contributed by atoms with van der Waals surface area (Å²) in [5.41, 5.74) is 9.12. The highest BCUT2D eigenvalue weighted by atomic mass is 16.5. The molecule has 0 radical (unpaired) electrons. The lowest BCUT2D eigenvalue weighted by Crippen LogP contribution is -2.54. The van der Waals surface area contributed by atoms with Crippen LogP contribution in [0, 0.1) is 0 Å². The minimum absolute atomic E-state index is 0.0626. The second-order valence-electron chi connectivity index (χ2n) is 14.0. The molecule has 2 fully saturated rings. The van der Waals surface area contributed by atoms with Crippen molar-refractivity contribution in [2.45, 2.75) is 37.8 Å². The van der Waals surface area contributed by atoms with E-state index in [1.165, 1.54) is 18.5 Å². The Bertz CT molecular complexity index is 2270. The molecule has 0 spiro atoms. The largest absolute Gasteiger partial charge is 0.491 e. The molecule has 3 aromatic carbocycles. The number of aromatic nitrogens is 4. The number of carbonyl (C=O) groups excluding carboxylic acids is 4. The van der Waals surface area contributed by atoms with Crippen LogP contribution in [0.2, 0.25) is 0 Å². The summed E-state index contributed by atoms with van der Waals surface area (Å²) in [6.45, 7) is 4.52. The van der Waals surface area contributed by atoms with Crippen LogP contribution in [0.25, 0.3) is 22.3 Å². The van der Waals surface area contributed by atoms with Crippen LogP contribution in [-0.2, 0) is 19.1 Å². The van der Waals surface area contributed by atoms with E-state index >= 15 is 0 Å². The number of benzene rings is 3. The van der Waals surface area contributed by atoms with Crippen LogP contribution in [-0.4, -0.2) is 112 Å². The van der Waals surface area contributed by atoms with Gasteiger partial charge in [0.25, 0.3) is 11.8 Å². The summed E-state index contributed by atoms with van der Waals surface area (Å²) < 4.78 is 25.2. The number of likely N-dealkylation sites (tertiary alicyclic amines) is 1. The maximum absolute atomic E-state index is 13.0. The monoisotopic (exact) mass is 774 g/mol. The summed E-state index contributed by atoms with van der Waals surface area (Å²) >= 11 is 0. The van der Waals surface area contributed by atoms with Gasteiger partial charge in [-0.2, -0.15) is 5.10 Å². The van der Waals surface area contributed by atoms with E-state index in [2.05, 4.69) is 20.2 Å². The normalized spacial score (nSPS) is 17.6. The first-order valence-corrected chi connectivity index (χ1v) is 19.0. The predicted molar refractivity (Wildman–Crippen MR) is 207 cm³/mol.